The van der Waals surface area contributed by atoms with Gasteiger partial charge in [-0.25, -0.2) is 0 Å². The van der Waals surface area contributed by atoms with Crippen LogP contribution in [0, 0.1) is 5.92 Å². The molecule has 1 saturated carbocycles. The lowest BCUT2D eigenvalue weighted by Gasteiger charge is -2.34. The molecule has 6 heteroatoms. The van der Waals surface area contributed by atoms with Gasteiger partial charge in [0.2, 0.25) is 11.8 Å². The Morgan fingerprint density at radius 1 is 1.33 bits per heavy atom. The fourth-order valence-electron chi connectivity index (χ4n) is 3.62. The highest BCUT2D eigenvalue weighted by Gasteiger charge is 2.34. The molecule has 1 aromatic heterocycles. The fourth-order valence-corrected chi connectivity index (χ4v) is 3.62. The Labute approximate surface area is 143 Å². The van der Waals surface area contributed by atoms with E-state index in [1.165, 1.54) is 12.8 Å². The number of nitrogens with zero attached hydrogens (tertiary/aromatic N) is 3. The van der Waals surface area contributed by atoms with Gasteiger partial charge in [0.05, 0.1) is 18.8 Å². The Hall–Kier alpha value is -1.85. The molecule has 1 aromatic rings. The quantitative estimate of drug-likeness (QED) is 0.899. The first-order valence-corrected chi connectivity index (χ1v) is 9.15. The molecule has 2 heterocycles. The molecule has 0 unspecified atom stereocenters. The van der Waals surface area contributed by atoms with Crippen molar-refractivity contribution in [2.45, 2.75) is 71.0 Å². The topological polar surface area (TPSA) is 67.2 Å². The van der Waals surface area contributed by atoms with Crippen molar-refractivity contribution in [1.82, 2.24) is 20.0 Å². The molecule has 1 N–H and O–H groups in total. The Morgan fingerprint density at radius 2 is 2.08 bits per heavy atom. The third-order valence-corrected chi connectivity index (χ3v) is 5.09. The van der Waals surface area contributed by atoms with Gasteiger partial charge in [-0.05, 0) is 31.2 Å². The minimum absolute atomic E-state index is 0.00629. The van der Waals surface area contributed by atoms with Crippen molar-refractivity contribution in [1.29, 1.82) is 0 Å². The predicted molar refractivity (Wildman–Crippen MR) is 91.2 cm³/mol. The van der Waals surface area contributed by atoms with Crippen LogP contribution in [0.4, 0.5) is 0 Å². The van der Waals surface area contributed by atoms with Crippen molar-refractivity contribution >= 4 is 11.8 Å². The number of hydrogen-bond acceptors (Lipinski definition) is 3. The number of carbonyl (C=O) groups is 2. The first-order chi connectivity index (χ1) is 11.5. The van der Waals surface area contributed by atoms with Crippen LogP contribution in [0.25, 0.3) is 0 Å². The van der Waals surface area contributed by atoms with E-state index in [2.05, 4.69) is 24.3 Å². The van der Waals surface area contributed by atoms with E-state index in [4.69, 9.17) is 0 Å². The zero-order valence-corrected chi connectivity index (χ0v) is 14.7. The van der Waals surface area contributed by atoms with Crippen LogP contribution in [-0.4, -0.2) is 39.1 Å². The molecule has 0 aromatic carbocycles. The smallest absolute Gasteiger partial charge is 0.246 e. The summed E-state index contributed by atoms with van der Waals surface area (Å²) in [5.41, 5.74) is 0.936. The van der Waals surface area contributed by atoms with Gasteiger partial charge in [0.15, 0.2) is 0 Å². The molecule has 24 heavy (non-hydrogen) atoms. The lowest BCUT2D eigenvalue weighted by atomic mass is 10.1. The van der Waals surface area contributed by atoms with Crippen molar-refractivity contribution in [3.63, 3.8) is 0 Å². The average molecular weight is 332 g/mol. The molecule has 1 aliphatic heterocycles. The molecule has 2 aliphatic rings. The second-order valence-electron chi connectivity index (χ2n) is 7.48. The van der Waals surface area contributed by atoms with Gasteiger partial charge >= 0.3 is 0 Å². The van der Waals surface area contributed by atoms with E-state index in [0.29, 0.717) is 25.4 Å². The van der Waals surface area contributed by atoms with E-state index in [1.807, 2.05) is 11.0 Å². The van der Waals surface area contributed by atoms with E-state index in [0.717, 1.165) is 25.0 Å². The van der Waals surface area contributed by atoms with Crippen molar-refractivity contribution in [3.8, 4) is 0 Å². The molecule has 0 radical (unpaired) electrons. The highest BCUT2D eigenvalue weighted by atomic mass is 16.2. The highest BCUT2D eigenvalue weighted by molar-refractivity contribution is 5.83. The summed E-state index contributed by atoms with van der Waals surface area (Å²) in [6, 6.07) is 1.77. The van der Waals surface area contributed by atoms with E-state index < -0.39 is 6.04 Å². The molecule has 1 atom stereocenters. The molecule has 1 fully saturated rings. The maximum Gasteiger partial charge on any atom is 0.246 e. The van der Waals surface area contributed by atoms with Gasteiger partial charge in [0, 0.05) is 18.7 Å². The minimum Gasteiger partial charge on any atom is -0.351 e. The van der Waals surface area contributed by atoms with Gasteiger partial charge in [0.25, 0.3) is 0 Å². The zero-order valence-electron chi connectivity index (χ0n) is 14.7. The predicted octanol–water partition coefficient (Wildman–Crippen LogP) is 2.26. The van der Waals surface area contributed by atoms with Crippen LogP contribution in [0.1, 0.15) is 64.1 Å². The molecule has 6 nitrogen and oxygen atoms in total. The molecule has 1 aliphatic carbocycles. The van der Waals surface area contributed by atoms with E-state index in [1.54, 1.807) is 10.9 Å². The molecular formula is C18H28N4O2. The molecule has 0 bridgehead atoms. The van der Waals surface area contributed by atoms with Crippen LogP contribution < -0.4 is 5.32 Å². The highest BCUT2D eigenvalue weighted by Crippen LogP contribution is 2.24. The largest absolute Gasteiger partial charge is 0.351 e. The second kappa shape index (κ2) is 7.36. The fraction of sp³-hybridized carbons (Fsp3) is 0.722. The van der Waals surface area contributed by atoms with Crippen LogP contribution in [0.15, 0.2) is 12.3 Å². The standard InChI is InChI=1S/C18H28N4O2/c1-13(2)7-8-17(23)21-11-15-9-10-19-22(15)16(12-21)18(24)20-14-5-3-4-6-14/h9-10,13-14,16H,3-8,11-12H2,1-2H3,(H,20,24)/t16-/m0/s1. The van der Waals surface area contributed by atoms with Crippen LogP contribution in [0.2, 0.25) is 0 Å². The van der Waals surface area contributed by atoms with Crippen LogP contribution in [0.3, 0.4) is 0 Å². The summed E-state index contributed by atoms with van der Waals surface area (Å²) in [6.07, 6.45) is 7.62. The number of rotatable bonds is 5. The second-order valence-corrected chi connectivity index (χ2v) is 7.48. The molecule has 2 amide bonds. The Morgan fingerprint density at radius 3 is 2.79 bits per heavy atom. The number of amides is 2. The summed E-state index contributed by atoms with van der Waals surface area (Å²) < 4.78 is 1.79. The Kier molecular flexibility index (Phi) is 5.21. The number of carbonyl (C=O) groups excluding carboxylic acids is 2. The molecular weight excluding hydrogens is 304 g/mol. The third kappa shape index (κ3) is 3.79. The number of aromatic nitrogens is 2. The van der Waals surface area contributed by atoms with Gasteiger partial charge in [-0.3, -0.25) is 14.3 Å². The van der Waals surface area contributed by atoms with Crippen molar-refractivity contribution in [2.75, 3.05) is 6.54 Å². The lowest BCUT2D eigenvalue weighted by Crippen LogP contribution is -2.48. The zero-order chi connectivity index (χ0) is 17.1. The number of fused-ring (bicyclic) bond motifs is 1. The molecule has 0 spiro atoms. The van der Waals surface area contributed by atoms with Gasteiger partial charge < -0.3 is 10.2 Å². The number of nitrogens with one attached hydrogen (secondary N) is 1. The first-order valence-electron chi connectivity index (χ1n) is 9.15. The SMILES string of the molecule is CC(C)CCC(=O)N1Cc2ccnn2[C@H](C(=O)NC2CCCC2)C1. The third-order valence-electron chi connectivity index (χ3n) is 5.09. The minimum atomic E-state index is -0.410. The van der Waals surface area contributed by atoms with E-state index >= 15 is 0 Å². The summed E-state index contributed by atoms with van der Waals surface area (Å²) in [6.45, 7) is 5.21. The summed E-state index contributed by atoms with van der Waals surface area (Å²) in [5, 5.41) is 7.47. The Balaban J connectivity index is 1.69. The van der Waals surface area contributed by atoms with E-state index in [-0.39, 0.29) is 17.9 Å². The molecule has 0 saturated heterocycles. The lowest BCUT2D eigenvalue weighted by molar-refractivity contribution is -0.136. The van der Waals surface area contributed by atoms with Crippen LogP contribution in [0.5, 0.6) is 0 Å². The normalized spacial score (nSPS) is 21.1. The van der Waals surface area contributed by atoms with Gasteiger partial charge in [0.1, 0.15) is 6.04 Å². The van der Waals surface area contributed by atoms with Crippen molar-refractivity contribution in [2.24, 2.45) is 5.92 Å². The van der Waals surface area contributed by atoms with Crippen molar-refractivity contribution < 1.29 is 9.59 Å². The van der Waals surface area contributed by atoms with Gasteiger partial charge in [-0.1, -0.05) is 26.7 Å². The average Bonchev–Trinajstić information content (AvgIpc) is 3.22. The molecule has 3 rings (SSSR count). The maximum absolute atomic E-state index is 12.7. The first kappa shape index (κ1) is 17.0. The number of hydrogen-bond donors (Lipinski definition) is 1. The monoisotopic (exact) mass is 332 g/mol. The van der Waals surface area contributed by atoms with Crippen LogP contribution >= 0.6 is 0 Å². The summed E-state index contributed by atoms with van der Waals surface area (Å²) in [7, 11) is 0. The summed E-state index contributed by atoms with van der Waals surface area (Å²) >= 11 is 0. The summed E-state index contributed by atoms with van der Waals surface area (Å²) in [4.78, 5) is 27.1. The van der Waals surface area contributed by atoms with Gasteiger partial charge in [-0.2, -0.15) is 5.10 Å². The van der Waals surface area contributed by atoms with Crippen molar-refractivity contribution in [3.05, 3.63) is 18.0 Å². The van der Waals surface area contributed by atoms with E-state index in [9.17, 15) is 9.59 Å². The summed E-state index contributed by atoms with van der Waals surface area (Å²) in [5.74, 6) is 0.633. The van der Waals surface area contributed by atoms with Crippen LogP contribution in [-0.2, 0) is 16.1 Å². The van der Waals surface area contributed by atoms with Gasteiger partial charge in [-0.15, -0.1) is 0 Å². The Bertz CT molecular complexity index is 590. The maximum atomic E-state index is 12.7. The molecule has 132 valence electrons.